The molecule has 2 saturated carbocycles. The number of anilines is 1. The summed E-state index contributed by atoms with van der Waals surface area (Å²) in [6.45, 7) is 0. The molecule has 0 spiro atoms. The third-order valence-corrected chi connectivity index (χ3v) is 7.96. The third kappa shape index (κ3) is 3.26. The highest BCUT2D eigenvalue weighted by Crippen LogP contribution is 2.52. The van der Waals surface area contributed by atoms with Gasteiger partial charge in [-0.1, -0.05) is 18.2 Å². The number of fused-ring (bicyclic) bond motifs is 3. The molecule has 0 bridgehead atoms. The highest BCUT2D eigenvalue weighted by atomic mass is 16.3. The van der Waals surface area contributed by atoms with E-state index in [1.54, 1.807) is 6.07 Å². The molecule has 2 fully saturated rings. The van der Waals surface area contributed by atoms with Crippen molar-refractivity contribution in [1.82, 2.24) is 0 Å². The monoisotopic (exact) mass is 492 g/mol. The summed E-state index contributed by atoms with van der Waals surface area (Å²) < 4.78 is 0. The number of benzene rings is 2. The molecular formula is C27H28N2O7. The first-order valence-electron chi connectivity index (χ1n) is 11.8. The number of aliphatic hydroxyl groups is 3. The van der Waals surface area contributed by atoms with E-state index < -0.39 is 52.7 Å². The Morgan fingerprint density at radius 2 is 1.72 bits per heavy atom. The Morgan fingerprint density at radius 1 is 1.06 bits per heavy atom. The predicted molar refractivity (Wildman–Crippen MR) is 131 cm³/mol. The first-order valence-corrected chi connectivity index (χ1v) is 11.8. The normalized spacial score (nSPS) is 29.3. The Hall–Kier alpha value is -3.69. The molecular weight excluding hydrogens is 464 g/mol. The van der Waals surface area contributed by atoms with Crippen molar-refractivity contribution in [2.24, 2.45) is 23.5 Å². The maximum Gasteiger partial charge on any atom is 0.230 e. The zero-order valence-electron chi connectivity index (χ0n) is 19.9. The summed E-state index contributed by atoms with van der Waals surface area (Å²) in [4.78, 5) is 40.4. The molecule has 9 nitrogen and oxygen atoms in total. The van der Waals surface area contributed by atoms with Gasteiger partial charge in [-0.25, -0.2) is 0 Å². The van der Waals surface area contributed by atoms with Gasteiger partial charge in [0.05, 0.1) is 11.7 Å². The summed E-state index contributed by atoms with van der Waals surface area (Å²) in [6, 6.07) is 11.0. The molecule has 188 valence electrons. The molecule has 3 aliphatic carbocycles. The molecule has 0 heterocycles. The van der Waals surface area contributed by atoms with E-state index in [0.29, 0.717) is 5.56 Å². The zero-order chi connectivity index (χ0) is 26.1. The molecule has 2 aromatic rings. The van der Waals surface area contributed by atoms with Crippen LogP contribution in [0.2, 0.25) is 0 Å². The lowest BCUT2D eigenvalue weighted by Crippen LogP contribution is -2.66. The number of rotatable bonds is 3. The van der Waals surface area contributed by atoms with Gasteiger partial charge in [-0.05, 0) is 60.1 Å². The van der Waals surface area contributed by atoms with Crippen LogP contribution in [0.25, 0.3) is 16.9 Å². The smallest absolute Gasteiger partial charge is 0.230 e. The van der Waals surface area contributed by atoms with Crippen molar-refractivity contribution in [1.29, 1.82) is 0 Å². The molecule has 1 amide bonds. The van der Waals surface area contributed by atoms with Crippen molar-refractivity contribution < 1.29 is 34.8 Å². The molecule has 6 N–H and O–H groups in total. The minimum atomic E-state index is -2.58. The van der Waals surface area contributed by atoms with Gasteiger partial charge in [0.25, 0.3) is 0 Å². The van der Waals surface area contributed by atoms with Crippen LogP contribution in [0.1, 0.15) is 24.0 Å². The molecule has 2 aromatic carbocycles. The van der Waals surface area contributed by atoms with E-state index in [2.05, 4.69) is 0 Å². The Labute approximate surface area is 207 Å². The minimum absolute atomic E-state index is 0.0839. The van der Waals surface area contributed by atoms with Crippen molar-refractivity contribution in [2.45, 2.75) is 31.0 Å². The lowest BCUT2D eigenvalue weighted by Gasteiger charge is -2.48. The first-order chi connectivity index (χ1) is 17.0. The molecule has 2 unspecified atom stereocenters. The van der Waals surface area contributed by atoms with E-state index in [0.717, 1.165) is 16.8 Å². The predicted octanol–water partition coefficient (Wildman–Crippen LogP) is 1.32. The Kier molecular flexibility index (Phi) is 5.46. The van der Waals surface area contributed by atoms with Crippen LogP contribution in [-0.4, -0.2) is 63.7 Å². The second kappa shape index (κ2) is 8.18. The number of hydrogen-bond acceptors (Lipinski definition) is 8. The topological polar surface area (TPSA) is 161 Å². The minimum Gasteiger partial charge on any atom is -0.507 e. The molecule has 3 aliphatic rings. The first kappa shape index (κ1) is 24.0. The van der Waals surface area contributed by atoms with Crippen LogP contribution in [0.3, 0.4) is 0 Å². The lowest BCUT2D eigenvalue weighted by atomic mass is 9.56. The number of Topliss-reactive ketones (excluding diaryl/α,β-unsaturated/α-hetero) is 2. The van der Waals surface area contributed by atoms with E-state index in [1.807, 2.05) is 43.3 Å². The number of aliphatic hydroxyl groups excluding tert-OH is 2. The third-order valence-electron chi connectivity index (χ3n) is 7.96. The summed E-state index contributed by atoms with van der Waals surface area (Å²) in [7, 11) is 3.86. The average molecular weight is 493 g/mol. The van der Waals surface area contributed by atoms with Gasteiger partial charge in [-0.2, -0.15) is 0 Å². The molecule has 9 heteroatoms. The number of ketones is 2. The second-order valence-corrected chi connectivity index (χ2v) is 10.2. The maximum absolute atomic E-state index is 13.6. The van der Waals surface area contributed by atoms with Crippen LogP contribution in [0.15, 0.2) is 42.0 Å². The Morgan fingerprint density at radius 3 is 2.33 bits per heavy atom. The standard InChI is InChI=1S/C27H28N2O7/c1-29(2)15-5-3-12(4-6-15)16-7-8-18(30)21-17(16)10-13-9-14-11-19(31)22(26(28)35)25(34)27(14,36)24(33)20(13)23(21)32/h3-8,13-14,19,22,30-32,36H,9-11H2,1-2H3,(H2,28,35)/t13-,14+,19?,22?,27+/m1/s1. The molecule has 36 heavy (non-hydrogen) atoms. The van der Waals surface area contributed by atoms with Crippen LogP contribution in [0.4, 0.5) is 5.69 Å². The maximum atomic E-state index is 13.6. The van der Waals surface area contributed by atoms with E-state index in [9.17, 15) is 34.8 Å². The summed E-state index contributed by atoms with van der Waals surface area (Å²) in [5, 5.41) is 43.6. The van der Waals surface area contributed by atoms with Gasteiger partial charge >= 0.3 is 0 Å². The van der Waals surface area contributed by atoms with E-state index >= 15 is 0 Å². The molecule has 0 radical (unpaired) electrons. The van der Waals surface area contributed by atoms with Gasteiger partial charge in [0.15, 0.2) is 11.4 Å². The van der Waals surface area contributed by atoms with Crippen LogP contribution in [0, 0.1) is 17.8 Å². The second-order valence-electron chi connectivity index (χ2n) is 10.2. The van der Waals surface area contributed by atoms with Crippen molar-refractivity contribution in [3.63, 3.8) is 0 Å². The summed E-state index contributed by atoms with van der Waals surface area (Å²) in [6.07, 6.45) is -1.16. The lowest BCUT2D eigenvalue weighted by molar-refractivity contribution is -0.174. The van der Waals surface area contributed by atoms with Gasteiger partial charge < -0.3 is 31.1 Å². The molecule has 5 rings (SSSR count). The number of hydrogen-bond donors (Lipinski definition) is 5. The molecule has 0 aromatic heterocycles. The van der Waals surface area contributed by atoms with Crippen LogP contribution >= 0.6 is 0 Å². The van der Waals surface area contributed by atoms with Crippen LogP contribution in [-0.2, 0) is 20.8 Å². The van der Waals surface area contributed by atoms with Crippen molar-refractivity contribution in [3.8, 4) is 16.9 Å². The van der Waals surface area contributed by atoms with E-state index in [1.165, 1.54) is 6.07 Å². The van der Waals surface area contributed by atoms with Crippen molar-refractivity contribution in [3.05, 3.63) is 53.1 Å². The highest BCUT2D eigenvalue weighted by molar-refractivity contribution is 6.24. The van der Waals surface area contributed by atoms with E-state index in [-0.39, 0.29) is 36.1 Å². The number of nitrogens with two attached hydrogens (primary N) is 1. The van der Waals surface area contributed by atoms with Gasteiger partial charge in [-0.3, -0.25) is 14.4 Å². The summed E-state index contributed by atoms with van der Waals surface area (Å²) in [5.74, 6) is -7.20. The van der Waals surface area contributed by atoms with Gasteiger partial charge in [0.1, 0.15) is 17.4 Å². The number of nitrogens with zero attached hydrogens (tertiary/aromatic N) is 1. The number of amides is 1. The number of phenolic OH excluding ortho intramolecular Hbond substituents is 1. The molecule has 0 saturated heterocycles. The molecule has 5 atom stereocenters. The number of carbonyl (C=O) groups excluding carboxylic acids is 3. The fourth-order valence-corrected chi connectivity index (χ4v) is 6.13. The number of primary amides is 1. The average Bonchev–Trinajstić information content (AvgIpc) is 2.81. The largest absolute Gasteiger partial charge is 0.507 e. The van der Waals surface area contributed by atoms with Crippen molar-refractivity contribution >= 4 is 28.9 Å². The van der Waals surface area contributed by atoms with Gasteiger partial charge in [-0.15, -0.1) is 0 Å². The molecule has 0 aliphatic heterocycles. The van der Waals surface area contributed by atoms with E-state index in [4.69, 9.17) is 5.73 Å². The summed E-state index contributed by atoms with van der Waals surface area (Å²) in [5.41, 5.74) is 5.92. The number of aromatic hydroxyl groups is 1. The van der Waals surface area contributed by atoms with Crippen molar-refractivity contribution in [2.75, 3.05) is 19.0 Å². The van der Waals surface area contributed by atoms with Gasteiger partial charge in [0, 0.05) is 31.3 Å². The number of carbonyl (C=O) groups is 3. The van der Waals surface area contributed by atoms with Gasteiger partial charge in [0.2, 0.25) is 11.7 Å². The fourth-order valence-electron chi connectivity index (χ4n) is 6.13. The summed E-state index contributed by atoms with van der Waals surface area (Å²) >= 11 is 0. The Balaban J connectivity index is 1.63. The highest BCUT2D eigenvalue weighted by Gasteiger charge is 2.63. The zero-order valence-corrected chi connectivity index (χ0v) is 19.9. The quantitative estimate of drug-likeness (QED) is 0.401. The SMILES string of the molecule is CN(C)c1ccc(-c2ccc(O)c3c2C[C@H]2C[C@H]4CC(O)C(C(N)=O)C(=O)[C@@]4(O)C(=O)C2=C3O)cc1. The fraction of sp³-hybridized carbons (Fsp3) is 0.370. The Bertz CT molecular complexity index is 1330. The van der Waals surface area contributed by atoms with Crippen LogP contribution in [0.5, 0.6) is 5.75 Å². The van der Waals surface area contributed by atoms with Crippen LogP contribution < -0.4 is 10.6 Å². The number of phenols is 1.